The molecule has 1 aromatic rings. The van der Waals surface area contributed by atoms with Crippen LogP contribution in [0.25, 0.3) is 0 Å². The van der Waals surface area contributed by atoms with Crippen molar-refractivity contribution in [3.05, 3.63) is 28.8 Å². The Balaban J connectivity index is 2.85. The minimum absolute atomic E-state index is 0.0452. The van der Waals surface area contributed by atoms with Crippen LogP contribution in [0.5, 0.6) is 0 Å². The molecule has 0 atom stereocenters. The van der Waals surface area contributed by atoms with Crippen molar-refractivity contribution in [1.29, 1.82) is 0 Å². The summed E-state index contributed by atoms with van der Waals surface area (Å²) in [5.41, 5.74) is -5.04. The zero-order valence-electron chi connectivity index (χ0n) is 11.1. The van der Waals surface area contributed by atoms with Gasteiger partial charge in [0.25, 0.3) is 5.91 Å². The third kappa shape index (κ3) is 2.48. The molecule has 0 fully saturated rings. The van der Waals surface area contributed by atoms with Crippen LogP contribution < -0.4 is 4.90 Å². The van der Waals surface area contributed by atoms with E-state index in [4.69, 9.17) is 0 Å². The lowest BCUT2D eigenvalue weighted by molar-refractivity contribution is -0.143. The number of anilines is 1. The predicted octanol–water partition coefficient (Wildman–Crippen LogP) is 3.05. The van der Waals surface area contributed by atoms with Crippen molar-refractivity contribution >= 4 is 17.3 Å². The van der Waals surface area contributed by atoms with Crippen molar-refractivity contribution in [3.8, 4) is 0 Å². The van der Waals surface area contributed by atoms with Gasteiger partial charge < -0.3 is 9.74 Å². The minimum Gasteiger partial charge on any atom is -0.398 e. The molecule has 0 aliphatic carbocycles. The molecular formula is C12H8F6N2O2. The molecule has 2 rings (SSSR count). The fraction of sp³-hybridized carbons (Fsp3) is 0.333. The number of carbonyl (C=O) groups is 1. The van der Waals surface area contributed by atoms with E-state index in [-0.39, 0.29) is 6.07 Å². The number of alkyl halides is 6. The molecular weight excluding hydrogens is 318 g/mol. The Bertz CT molecular complexity index is 663. The van der Waals surface area contributed by atoms with Crippen LogP contribution in [0.15, 0.2) is 17.3 Å². The van der Waals surface area contributed by atoms with Gasteiger partial charge in [-0.05, 0) is 12.1 Å². The van der Waals surface area contributed by atoms with E-state index in [1.165, 1.54) is 0 Å². The molecule has 0 spiro atoms. The molecule has 0 bridgehead atoms. The molecule has 4 nitrogen and oxygen atoms in total. The molecule has 0 radical (unpaired) electrons. The highest BCUT2D eigenvalue weighted by molar-refractivity contribution is 6.54. The molecule has 0 N–H and O–H groups in total. The molecule has 0 saturated heterocycles. The molecule has 1 aliphatic heterocycles. The first-order valence-electron chi connectivity index (χ1n) is 5.70. The van der Waals surface area contributed by atoms with Gasteiger partial charge in [0.15, 0.2) is 5.71 Å². The van der Waals surface area contributed by atoms with Crippen molar-refractivity contribution in [2.24, 2.45) is 5.16 Å². The summed E-state index contributed by atoms with van der Waals surface area (Å²) in [6.45, 7) is 0. The van der Waals surface area contributed by atoms with Crippen LogP contribution in [0.3, 0.4) is 0 Å². The summed E-state index contributed by atoms with van der Waals surface area (Å²) in [4.78, 5) is 16.8. The number of likely N-dealkylation sites (N-methyl/N-ethyl adjacent to an activating group) is 1. The molecule has 120 valence electrons. The first-order chi connectivity index (χ1) is 9.98. The van der Waals surface area contributed by atoms with Gasteiger partial charge in [0, 0.05) is 12.6 Å². The van der Waals surface area contributed by atoms with Crippen LogP contribution in [0.1, 0.15) is 16.7 Å². The average molecular weight is 326 g/mol. The van der Waals surface area contributed by atoms with Gasteiger partial charge >= 0.3 is 12.4 Å². The Morgan fingerprint density at radius 1 is 1.09 bits per heavy atom. The van der Waals surface area contributed by atoms with Crippen LogP contribution in [-0.2, 0) is 22.0 Å². The number of oxime groups is 1. The van der Waals surface area contributed by atoms with Crippen LogP contribution in [0, 0.1) is 0 Å². The van der Waals surface area contributed by atoms with E-state index in [0.717, 1.165) is 14.2 Å². The first kappa shape index (κ1) is 16.1. The summed E-state index contributed by atoms with van der Waals surface area (Å²) in [5, 5.41) is 3.21. The maximum absolute atomic E-state index is 13.1. The van der Waals surface area contributed by atoms with E-state index >= 15 is 0 Å². The van der Waals surface area contributed by atoms with Gasteiger partial charge in [-0.3, -0.25) is 4.79 Å². The molecule has 22 heavy (non-hydrogen) atoms. The second-order valence-electron chi connectivity index (χ2n) is 4.40. The lowest BCUT2D eigenvalue weighted by Crippen LogP contribution is -2.26. The van der Waals surface area contributed by atoms with E-state index in [2.05, 4.69) is 9.99 Å². The molecule has 10 heteroatoms. The lowest BCUT2D eigenvalue weighted by Gasteiger charge is -2.17. The minimum atomic E-state index is -5.09. The van der Waals surface area contributed by atoms with E-state index in [0.29, 0.717) is 11.0 Å². The quantitative estimate of drug-likeness (QED) is 0.588. The van der Waals surface area contributed by atoms with Crippen molar-refractivity contribution in [1.82, 2.24) is 0 Å². The molecule has 1 aromatic carbocycles. The van der Waals surface area contributed by atoms with E-state index < -0.39 is 46.3 Å². The van der Waals surface area contributed by atoms with Gasteiger partial charge in [-0.2, -0.15) is 26.3 Å². The number of nitrogens with zero attached hydrogens (tertiary/aromatic N) is 2. The van der Waals surface area contributed by atoms with Crippen LogP contribution in [-0.4, -0.2) is 25.8 Å². The van der Waals surface area contributed by atoms with Gasteiger partial charge in [-0.15, -0.1) is 0 Å². The normalized spacial score (nSPS) is 17.2. The van der Waals surface area contributed by atoms with E-state index in [1.54, 1.807) is 0 Å². The predicted molar refractivity (Wildman–Crippen MR) is 63.4 cm³/mol. The first-order valence-corrected chi connectivity index (χ1v) is 5.70. The van der Waals surface area contributed by atoms with E-state index in [9.17, 15) is 31.1 Å². The summed E-state index contributed by atoms with van der Waals surface area (Å²) in [6, 6.07) is 0.428. The zero-order chi connectivity index (χ0) is 16.9. The Labute approximate surface area is 119 Å². The molecule has 1 aliphatic rings. The second-order valence-corrected chi connectivity index (χ2v) is 4.40. The highest BCUT2D eigenvalue weighted by Crippen LogP contribution is 2.44. The van der Waals surface area contributed by atoms with Crippen LogP contribution >= 0.6 is 0 Å². The summed E-state index contributed by atoms with van der Waals surface area (Å²) in [7, 11) is 2.06. The SMILES string of the molecule is CON=C1C(=O)N(C)c2cc(C(F)(F)F)cc(C(F)(F)F)c21. The number of fused-ring (bicyclic) bond motifs is 1. The summed E-state index contributed by atoms with van der Waals surface area (Å²) >= 11 is 0. The number of benzene rings is 1. The Hall–Kier alpha value is -2.26. The van der Waals surface area contributed by atoms with Gasteiger partial charge in [0.05, 0.1) is 16.8 Å². The maximum Gasteiger partial charge on any atom is 0.417 e. The molecule has 1 heterocycles. The zero-order valence-corrected chi connectivity index (χ0v) is 11.1. The summed E-state index contributed by atoms with van der Waals surface area (Å²) in [6.07, 6.45) is -10.1. The number of carbonyl (C=O) groups excluding carboxylic acids is 1. The van der Waals surface area contributed by atoms with Gasteiger partial charge in [0.2, 0.25) is 0 Å². The van der Waals surface area contributed by atoms with Gasteiger partial charge in [-0.25, -0.2) is 0 Å². The van der Waals surface area contributed by atoms with Crippen LogP contribution in [0.2, 0.25) is 0 Å². The van der Waals surface area contributed by atoms with E-state index in [1.807, 2.05) is 0 Å². The monoisotopic (exact) mass is 326 g/mol. The summed E-state index contributed by atoms with van der Waals surface area (Å²) < 4.78 is 77.6. The Kier molecular flexibility index (Phi) is 3.58. The highest BCUT2D eigenvalue weighted by atomic mass is 19.4. The molecule has 0 aromatic heterocycles. The fourth-order valence-corrected chi connectivity index (χ4v) is 2.08. The summed E-state index contributed by atoms with van der Waals surface area (Å²) in [5.74, 6) is -0.985. The fourth-order valence-electron chi connectivity index (χ4n) is 2.08. The largest absolute Gasteiger partial charge is 0.417 e. The third-order valence-electron chi connectivity index (χ3n) is 3.04. The number of rotatable bonds is 1. The number of halogens is 6. The molecule has 0 unspecified atom stereocenters. The third-order valence-corrected chi connectivity index (χ3v) is 3.04. The average Bonchev–Trinajstić information content (AvgIpc) is 2.61. The van der Waals surface area contributed by atoms with Crippen molar-refractivity contribution in [2.45, 2.75) is 12.4 Å². The van der Waals surface area contributed by atoms with Crippen LogP contribution in [0.4, 0.5) is 32.0 Å². The molecule has 1 amide bonds. The highest BCUT2D eigenvalue weighted by Gasteiger charge is 2.45. The standard InChI is InChI=1S/C12H8F6N2O2/c1-20-7-4-5(11(13,14)15)3-6(12(16,17)18)8(7)9(10(20)21)19-22-2/h3-4H,1-2H3. The van der Waals surface area contributed by atoms with Crippen molar-refractivity contribution in [2.75, 3.05) is 19.1 Å². The van der Waals surface area contributed by atoms with Gasteiger partial charge in [-0.1, -0.05) is 5.16 Å². The Morgan fingerprint density at radius 3 is 2.14 bits per heavy atom. The smallest absolute Gasteiger partial charge is 0.398 e. The second kappa shape index (κ2) is 4.89. The molecule has 0 saturated carbocycles. The Morgan fingerprint density at radius 2 is 1.68 bits per heavy atom. The van der Waals surface area contributed by atoms with Crippen molar-refractivity contribution in [3.63, 3.8) is 0 Å². The number of amides is 1. The maximum atomic E-state index is 13.1. The number of hydrogen-bond acceptors (Lipinski definition) is 3. The lowest BCUT2D eigenvalue weighted by atomic mass is 9.99. The topological polar surface area (TPSA) is 41.9 Å². The van der Waals surface area contributed by atoms with Crippen molar-refractivity contribution < 1.29 is 36.0 Å². The number of hydrogen-bond donors (Lipinski definition) is 0. The van der Waals surface area contributed by atoms with Gasteiger partial charge in [0.1, 0.15) is 7.11 Å².